The van der Waals surface area contributed by atoms with E-state index in [1.54, 1.807) is 6.92 Å². The molecule has 106 valence electrons. The van der Waals surface area contributed by atoms with Gasteiger partial charge in [-0.1, -0.05) is 34.6 Å². The van der Waals surface area contributed by atoms with Crippen LogP contribution in [0.15, 0.2) is 0 Å². The van der Waals surface area contributed by atoms with E-state index in [2.05, 4.69) is 38.3 Å². The van der Waals surface area contributed by atoms with Gasteiger partial charge in [0.2, 0.25) is 0 Å². The van der Waals surface area contributed by atoms with E-state index in [-0.39, 0.29) is 5.41 Å². The van der Waals surface area contributed by atoms with Crippen molar-refractivity contribution in [3.63, 3.8) is 0 Å². The number of carbonyl (C=O) groups excluding carboxylic acids is 1. The first-order chi connectivity index (χ1) is 8.03. The van der Waals surface area contributed by atoms with Gasteiger partial charge in [0.1, 0.15) is 5.54 Å². The van der Waals surface area contributed by atoms with Crippen molar-refractivity contribution >= 4 is 12.0 Å². The highest BCUT2D eigenvalue weighted by Crippen LogP contribution is 2.24. The maximum Gasteiger partial charge on any atom is 0.329 e. The van der Waals surface area contributed by atoms with Crippen LogP contribution in [0.5, 0.6) is 0 Å². The molecule has 0 heterocycles. The average molecular weight is 258 g/mol. The van der Waals surface area contributed by atoms with E-state index in [1.165, 1.54) is 6.92 Å². The number of carbonyl (C=O) groups is 2. The third-order valence-electron chi connectivity index (χ3n) is 3.62. The number of carboxylic acid groups (broad SMARTS) is 1. The summed E-state index contributed by atoms with van der Waals surface area (Å²) < 4.78 is 0. The van der Waals surface area contributed by atoms with E-state index in [1.807, 2.05) is 0 Å². The summed E-state index contributed by atoms with van der Waals surface area (Å²) in [4.78, 5) is 22.7. The Morgan fingerprint density at radius 1 is 1.22 bits per heavy atom. The first-order valence-electron chi connectivity index (χ1n) is 6.32. The smallest absolute Gasteiger partial charge is 0.329 e. The fraction of sp³-hybridized carbons (Fsp3) is 0.846. The Labute approximate surface area is 109 Å². The Balaban J connectivity index is 4.33. The van der Waals surface area contributed by atoms with Gasteiger partial charge < -0.3 is 15.7 Å². The molecule has 0 spiro atoms. The van der Waals surface area contributed by atoms with Gasteiger partial charge in [-0.3, -0.25) is 0 Å². The molecule has 18 heavy (non-hydrogen) atoms. The van der Waals surface area contributed by atoms with Crippen molar-refractivity contribution in [2.24, 2.45) is 11.3 Å². The Morgan fingerprint density at radius 3 is 2.06 bits per heavy atom. The first-order valence-corrected chi connectivity index (χ1v) is 6.32. The maximum atomic E-state index is 11.7. The topological polar surface area (TPSA) is 78.4 Å². The van der Waals surface area contributed by atoms with Gasteiger partial charge in [-0.05, 0) is 24.7 Å². The van der Waals surface area contributed by atoms with Crippen LogP contribution in [0.2, 0.25) is 0 Å². The molecule has 0 bridgehead atoms. The van der Waals surface area contributed by atoms with E-state index in [0.717, 1.165) is 0 Å². The van der Waals surface area contributed by atoms with Gasteiger partial charge in [0.05, 0.1) is 0 Å². The zero-order valence-electron chi connectivity index (χ0n) is 12.3. The van der Waals surface area contributed by atoms with Gasteiger partial charge in [0.15, 0.2) is 0 Å². The second-order valence-electron chi connectivity index (χ2n) is 6.09. The van der Waals surface area contributed by atoms with Crippen LogP contribution in [0.1, 0.15) is 48.0 Å². The molecule has 3 N–H and O–H groups in total. The zero-order chi connectivity index (χ0) is 14.6. The zero-order valence-corrected chi connectivity index (χ0v) is 12.3. The van der Waals surface area contributed by atoms with Crippen LogP contribution < -0.4 is 10.6 Å². The van der Waals surface area contributed by atoms with Crippen molar-refractivity contribution in [1.82, 2.24) is 10.6 Å². The lowest BCUT2D eigenvalue weighted by Gasteiger charge is -2.29. The van der Waals surface area contributed by atoms with Gasteiger partial charge >= 0.3 is 12.0 Å². The SMILES string of the molecule is CCC(C)(NC(=O)NCC(C)C(C)(C)C)C(=O)O. The monoisotopic (exact) mass is 258 g/mol. The molecule has 0 aliphatic heterocycles. The number of rotatable bonds is 5. The van der Waals surface area contributed by atoms with Crippen LogP contribution in [0, 0.1) is 11.3 Å². The molecule has 2 amide bonds. The third kappa shape index (κ3) is 4.94. The Hall–Kier alpha value is -1.26. The van der Waals surface area contributed by atoms with E-state index in [0.29, 0.717) is 18.9 Å². The standard InChI is InChI=1S/C13H26N2O3/c1-7-13(6,10(16)17)15-11(18)14-8-9(2)12(3,4)5/h9H,7-8H2,1-6H3,(H,16,17)(H2,14,15,18). The Bertz CT molecular complexity index is 310. The lowest BCUT2D eigenvalue weighted by atomic mass is 9.82. The molecule has 0 aliphatic rings. The van der Waals surface area contributed by atoms with E-state index in [9.17, 15) is 9.59 Å². The van der Waals surface area contributed by atoms with Crippen molar-refractivity contribution in [1.29, 1.82) is 0 Å². The molecule has 0 aromatic carbocycles. The summed E-state index contributed by atoms with van der Waals surface area (Å²) in [5, 5.41) is 14.3. The summed E-state index contributed by atoms with van der Waals surface area (Å²) in [6, 6.07) is -0.433. The molecule has 0 rings (SSSR count). The molecule has 0 fully saturated rings. The normalized spacial score (nSPS) is 16.6. The molecular weight excluding hydrogens is 232 g/mol. The van der Waals surface area contributed by atoms with Crippen LogP contribution in [-0.4, -0.2) is 29.2 Å². The highest BCUT2D eigenvalue weighted by molar-refractivity contribution is 5.85. The first kappa shape index (κ1) is 16.7. The molecule has 2 atom stereocenters. The molecule has 5 heteroatoms. The highest BCUT2D eigenvalue weighted by atomic mass is 16.4. The third-order valence-corrected chi connectivity index (χ3v) is 3.62. The minimum atomic E-state index is -1.21. The van der Waals surface area contributed by atoms with Gasteiger partial charge in [-0.25, -0.2) is 9.59 Å². The Morgan fingerprint density at radius 2 is 1.72 bits per heavy atom. The highest BCUT2D eigenvalue weighted by Gasteiger charge is 2.33. The quantitative estimate of drug-likeness (QED) is 0.707. The molecule has 0 aliphatic carbocycles. The lowest BCUT2D eigenvalue weighted by molar-refractivity contribution is -0.143. The number of urea groups is 1. The van der Waals surface area contributed by atoms with E-state index >= 15 is 0 Å². The molecule has 0 radical (unpaired) electrons. The summed E-state index contributed by atoms with van der Waals surface area (Å²) in [6.07, 6.45) is 0.338. The van der Waals surface area contributed by atoms with Crippen LogP contribution in [0.3, 0.4) is 0 Å². The maximum absolute atomic E-state index is 11.7. The summed E-state index contributed by atoms with van der Waals surface area (Å²) in [7, 11) is 0. The van der Waals surface area contributed by atoms with Crippen LogP contribution in [0.25, 0.3) is 0 Å². The van der Waals surface area contributed by atoms with Crippen molar-refractivity contribution in [2.75, 3.05) is 6.54 Å². The number of hydrogen-bond acceptors (Lipinski definition) is 2. The van der Waals surface area contributed by atoms with E-state index < -0.39 is 17.5 Å². The van der Waals surface area contributed by atoms with Crippen LogP contribution >= 0.6 is 0 Å². The fourth-order valence-corrected chi connectivity index (χ4v) is 1.14. The number of carboxylic acids is 1. The average Bonchev–Trinajstić information content (AvgIpc) is 2.23. The second kappa shape index (κ2) is 6.07. The van der Waals surface area contributed by atoms with Gasteiger partial charge in [0, 0.05) is 6.54 Å². The lowest BCUT2D eigenvalue weighted by Crippen LogP contribution is -2.55. The summed E-state index contributed by atoms with van der Waals surface area (Å²) in [5.74, 6) is -0.718. The number of hydrogen-bond donors (Lipinski definition) is 3. The van der Waals surface area contributed by atoms with Crippen molar-refractivity contribution in [2.45, 2.75) is 53.5 Å². The predicted molar refractivity (Wildman–Crippen MR) is 71.5 cm³/mol. The molecule has 2 unspecified atom stereocenters. The molecule has 0 aromatic rings. The molecule has 0 saturated carbocycles. The summed E-state index contributed by atoms with van der Waals surface area (Å²) in [5.41, 5.74) is -1.11. The molecule has 0 saturated heterocycles. The summed E-state index contributed by atoms with van der Waals surface area (Å²) in [6.45, 7) is 12.1. The van der Waals surface area contributed by atoms with Gasteiger partial charge in [0.25, 0.3) is 0 Å². The molecule has 0 aromatic heterocycles. The molecule has 5 nitrogen and oxygen atoms in total. The minimum absolute atomic E-state index is 0.105. The Kier molecular flexibility index (Phi) is 5.64. The minimum Gasteiger partial charge on any atom is -0.480 e. The number of amides is 2. The van der Waals surface area contributed by atoms with Crippen LogP contribution in [0.4, 0.5) is 4.79 Å². The second-order valence-corrected chi connectivity index (χ2v) is 6.09. The van der Waals surface area contributed by atoms with Crippen molar-refractivity contribution in [3.8, 4) is 0 Å². The van der Waals surface area contributed by atoms with Crippen molar-refractivity contribution in [3.05, 3.63) is 0 Å². The van der Waals surface area contributed by atoms with E-state index in [4.69, 9.17) is 5.11 Å². The largest absolute Gasteiger partial charge is 0.480 e. The number of aliphatic carboxylic acids is 1. The molecular formula is C13H26N2O3. The number of nitrogens with one attached hydrogen (secondary N) is 2. The fourth-order valence-electron chi connectivity index (χ4n) is 1.14. The van der Waals surface area contributed by atoms with Crippen molar-refractivity contribution < 1.29 is 14.7 Å². The van der Waals surface area contributed by atoms with Gasteiger partial charge in [-0.2, -0.15) is 0 Å². The van der Waals surface area contributed by atoms with Crippen LogP contribution in [-0.2, 0) is 4.79 Å². The predicted octanol–water partition coefficient (Wildman–Crippen LogP) is 2.22. The summed E-state index contributed by atoms with van der Waals surface area (Å²) >= 11 is 0. The van der Waals surface area contributed by atoms with Gasteiger partial charge in [-0.15, -0.1) is 0 Å².